The zero-order valence-electron chi connectivity index (χ0n) is 12.4. The van der Waals surface area contributed by atoms with E-state index in [0.717, 1.165) is 24.7 Å². The number of likely N-dealkylation sites (N-methyl/N-ethyl adjacent to an activating group) is 1. The highest BCUT2D eigenvalue weighted by Gasteiger charge is 2.36. The van der Waals surface area contributed by atoms with Gasteiger partial charge in [-0.25, -0.2) is 0 Å². The fourth-order valence-corrected chi connectivity index (χ4v) is 3.93. The molecule has 2 fully saturated rings. The average Bonchev–Trinajstić information content (AvgIpc) is 2.51. The van der Waals surface area contributed by atoms with Crippen LogP contribution in [0, 0.1) is 17.8 Å². The summed E-state index contributed by atoms with van der Waals surface area (Å²) in [6, 6.07) is 0. The van der Waals surface area contributed by atoms with E-state index in [-0.39, 0.29) is 24.2 Å². The maximum atomic E-state index is 12.6. The van der Waals surface area contributed by atoms with Gasteiger partial charge in [-0.1, -0.05) is 30.8 Å². The highest BCUT2D eigenvalue weighted by Crippen LogP contribution is 2.43. The standard InChI is InChI=1S/C15H27N3O2/c1-2-18(10-14(16)17-20)15(19)13-8-7-11-5-3-4-6-12(11)9-13/h11-13,20H,2-10H2,1H3,(H2,16,17). The Bertz CT molecular complexity index is 370. The van der Waals surface area contributed by atoms with Gasteiger partial charge in [0.25, 0.3) is 0 Å². The van der Waals surface area contributed by atoms with Gasteiger partial charge in [0.1, 0.15) is 0 Å². The third kappa shape index (κ3) is 3.44. The van der Waals surface area contributed by atoms with Crippen molar-refractivity contribution >= 4 is 11.7 Å². The van der Waals surface area contributed by atoms with E-state index in [2.05, 4.69) is 5.16 Å². The fourth-order valence-electron chi connectivity index (χ4n) is 3.93. The number of oxime groups is 1. The summed E-state index contributed by atoms with van der Waals surface area (Å²) < 4.78 is 0. The smallest absolute Gasteiger partial charge is 0.226 e. The van der Waals surface area contributed by atoms with Crippen molar-refractivity contribution in [2.45, 2.75) is 51.9 Å². The molecule has 0 aromatic rings. The number of fused-ring (bicyclic) bond motifs is 1. The molecule has 0 aliphatic heterocycles. The van der Waals surface area contributed by atoms with Crippen LogP contribution in [-0.2, 0) is 4.79 Å². The van der Waals surface area contributed by atoms with Gasteiger partial charge in [-0.15, -0.1) is 0 Å². The third-order valence-electron chi connectivity index (χ3n) is 5.06. The van der Waals surface area contributed by atoms with Crippen LogP contribution in [0.15, 0.2) is 5.16 Å². The summed E-state index contributed by atoms with van der Waals surface area (Å²) >= 11 is 0. The summed E-state index contributed by atoms with van der Waals surface area (Å²) in [5.74, 6) is 2.02. The van der Waals surface area contributed by atoms with Crippen LogP contribution in [0.5, 0.6) is 0 Å². The third-order valence-corrected chi connectivity index (χ3v) is 5.06. The molecule has 2 rings (SSSR count). The Kier molecular flexibility index (Phi) is 5.26. The number of rotatable bonds is 4. The molecule has 3 unspecified atom stereocenters. The van der Waals surface area contributed by atoms with Crippen LogP contribution < -0.4 is 5.73 Å². The molecule has 3 N–H and O–H groups in total. The Balaban J connectivity index is 1.94. The molecule has 5 heteroatoms. The molecule has 0 aromatic carbocycles. The van der Waals surface area contributed by atoms with E-state index in [1.807, 2.05) is 6.92 Å². The van der Waals surface area contributed by atoms with Crippen LogP contribution in [0.1, 0.15) is 51.9 Å². The van der Waals surface area contributed by atoms with E-state index in [9.17, 15) is 4.79 Å². The first kappa shape index (κ1) is 15.1. The van der Waals surface area contributed by atoms with Crippen LogP contribution in [0.2, 0.25) is 0 Å². The second kappa shape index (κ2) is 6.95. The maximum Gasteiger partial charge on any atom is 0.226 e. The van der Waals surface area contributed by atoms with E-state index < -0.39 is 0 Å². The molecule has 114 valence electrons. The lowest BCUT2D eigenvalue weighted by Crippen LogP contribution is -2.44. The van der Waals surface area contributed by atoms with Crippen molar-refractivity contribution in [1.82, 2.24) is 4.90 Å². The van der Waals surface area contributed by atoms with E-state index in [1.165, 1.54) is 32.1 Å². The van der Waals surface area contributed by atoms with Gasteiger partial charge < -0.3 is 15.8 Å². The van der Waals surface area contributed by atoms with Crippen molar-refractivity contribution in [2.75, 3.05) is 13.1 Å². The first-order chi connectivity index (χ1) is 9.65. The second-order valence-corrected chi connectivity index (χ2v) is 6.26. The van der Waals surface area contributed by atoms with Crippen molar-refractivity contribution in [1.29, 1.82) is 0 Å². The van der Waals surface area contributed by atoms with Crippen molar-refractivity contribution in [3.05, 3.63) is 0 Å². The van der Waals surface area contributed by atoms with Gasteiger partial charge in [-0.2, -0.15) is 0 Å². The lowest BCUT2D eigenvalue weighted by Gasteiger charge is -2.40. The highest BCUT2D eigenvalue weighted by atomic mass is 16.4. The SMILES string of the molecule is CCN(CC(N)=NO)C(=O)C1CCC2CCCCC2C1. The van der Waals surface area contributed by atoms with Gasteiger partial charge in [0.2, 0.25) is 5.91 Å². The molecule has 1 amide bonds. The Hall–Kier alpha value is -1.26. The predicted octanol–water partition coefficient (Wildman–Crippen LogP) is 2.19. The highest BCUT2D eigenvalue weighted by molar-refractivity contribution is 5.87. The van der Waals surface area contributed by atoms with Crippen molar-refractivity contribution in [2.24, 2.45) is 28.6 Å². The molecule has 2 aliphatic carbocycles. The molecule has 0 bridgehead atoms. The van der Waals surface area contributed by atoms with Crippen LogP contribution >= 0.6 is 0 Å². The zero-order valence-corrected chi connectivity index (χ0v) is 12.4. The number of amides is 1. The number of hydrogen-bond donors (Lipinski definition) is 2. The lowest BCUT2D eigenvalue weighted by atomic mass is 9.67. The van der Waals surface area contributed by atoms with E-state index >= 15 is 0 Å². The molecule has 0 saturated heterocycles. The molecule has 0 radical (unpaired) electrons. The van der Waals surface area contributed by atoms with Crippen molar-refractivity contribution in [3.63, 3.8) is 0 Å². The molecule has 0 heterocycles. The molecule has 5 nitrogen and oxygen atoms in total. The summed E-state index contributed by atoms with van der Waals surface area (Å²) in [4.78, 5) is 14.3. The van der Waals surface area contributed by atoms with Gasteiger partial charge in [0.05, 0.1) is 6.54 Å². The Morgan fingerprint density at radius 3 is 2.60 bits per heavy atom. The first-order valence-corrected chi connectivity index (χ1v) is 7.90. The molecule has 20 heavy (non-hydrogen) atoms. The number of hydrogen-bond acceptors (Lipinski definition) is 3. The molecule has 0 aromatic heterocycles. The van der Waals surface area contributed by atoms with E-state index in [0.29, 0.717) is 6.54 Å². The summed E-state index contributed by atoms with van der Waals surface area (Å²) in [5, 5.41) is 11.6. The molecule has 0 spiro atoms. The minimum absolute atomic E-state index is 0.103. The predicted molar refractivity (Wildman–Crippen MR) is 78.5 cm³/mol. The summed E-state index contributed by atoms with van der Waals surface area (Å²) in [7, 11) is 0. The second-order valence-electron chi connectivity index (χ2n) is 6.26. The molecule has 2 saturated carbocycles. The molecule has 3 atom stereocenters. The van der Waals surface area contributed by atoms with E-state index in [4.69, 9.17) is 10.9 Å². The van der Waals surface area contributed by atoms with E-state index in [1.54, 1.807) is 4.90 Å². The number of amidine groups is 1. The van der Waals surface area contributed by atoms with Crippen LogP contribution in [0.4, 0.5) is 0 Å². The monoisotopic (exact) mass is 281 g/mol. The Morgan fingerprint density at radius 2 is 1.95 bits per heavy atom. The van der Waals surface area contributed by atoms with Crippen LogP contribution in [0.25, 0.3) is 0 Å². The van der Waals surface area contributed by atoms with Crippen molar-refractivity contribution < 1.29 is 10.0 Å². The molecular weight excluding hydrogens is 254 g/mol. The van der Waals surface area contributed by atoms with Gasteiger partial charge in [-0.3, -0.25) is 4.79 Å². The average molecular weight is 281 g/mol. The number of carbonyl (C=O) groups excluding carboxylic acids is 1. The lowest BCUT2D eigenvalue weighted by molar-refractivity contribution is -0.137. The minimum Gasteiger partial charge on any atom is -0.409 e. The maximum absolute atomic E-state index is 12.6. The topological polar surface area (TPSA) is 78.9 Å². The number of carbonyl (C=O) groups is 1. The summed E-state index contributed by atoms with van der Waals surface area (Å²) in [5.41, 5.74) is 5.53. The first-order valence-electron chi connectivity index (χ1n) is 7.90. The van der Waals surface area contributed by atoms with Gasteiger partial charge in [0.15, 0.2) is 5.84 Å². The summed E-state index contributed by atoms with van der Waals surface area (Å²) in [6.45, 7) is 2.78. The van der Waals surface area contributed by atoms with Crippen molar-refractivity contribution in [3.8, 4) is 0 Å². The van der Waals surface area contributed by atoms with Gasteiger partial charge in [-0.05, 0) is 38.0 Å². The quantitative estimate of drug-likeness (QED) is 0.359. The Labute approximate surface area is 121 Å². The Morgan fingerprint density at radius 1 is 1.25 bits per heavy atom. The minimum atomic E-state index is 0.103. The molecular formula is C15H27N3O2. The van der Waals surface area contributed by atoms with Crippen LogP contribution in [-0.4, -0.2) is 34.9 Å². The fraction of sp³-hybridized carbons (Fsp3) is 0.867. The number of nitrogens with two attached hydrogens (primary N) is 1. The van der Waals surface area contributed by atoms with Crippen LogP contribution in [0.3, 0.4) is 0 Å². The van der Waals surface area contributed by atoms with Gasteiger partial charge in [0, 0.05) is 12.5 Å². The largest absolute Gasteiger partial charge is 0.409 e. The van der Waals surface area contributed by atoms with Gasteiger partial charge >= 0.3 is 0 Å². The number of nitrogens with zero attached hydrogens (tertiary/aromatic N) is 2. The zero-order chi connectivity index (χ0) is 14.5. The summed E-state index contributed by atoms with van der Waals surface area (Å²) in [6.07, 6.45) is 8.58. The molecule has 2 aliphatic rings. The normalized spacial score (nSPS) is 30.6.